The molecule has 0 aliphatic carbocycles. The van der Waals surface area contributed by atoms with Gasteiger partial charge in [0.25, 0.3) is 0 Å². The lowest BCUT2D eigenvalue weighted by Crippen LogP contribution is -2.36. The summed E-state index contributed by atoms with van der Waals surface area (Å²) >= 11 is 17.5. The molecule has 1 aromatic rings. The largest absolute Gasteiger partial charge is 0.336 e. The maximum atomic E-state index is 12.1. The quantitative estimate of drug-likeness (QED) is 0.692. The average molecular weight is 323 g/mol. The minimum atomic E-state index is 0.113. The molecule has 0 bridgehead atoms. The number of alkyl halides is 1. The first-order valence-corrected chi connectivity index (χ1v) is 7.54. The zero-order valence-corrected chi connectivity index (χ0v) is 13.4. The monoisotopic (exact) mass is 321 g/mol. The van der Waals surface area contributed by atoms with Crippen LogP contribution in [0.4, 0.5) is 0 Å². The predicted molar refractivity (Wildman–Crippen MR) is 82.1 cm³/mol. The highest BCUT2D eigenvalue weighted by Crippen LogP contribution is 2.23. The number of rotatable bonds is 6. The first kappa shape index (κ1) is 16.6. The van der Waals surface area contributed by atoms with Crippen LogP contribution in [-0.2, 0) is 11.3 Å². The lowest BCUT2D eigenvalue weighted by Gasteiger charge is -2.27. The number of amides is 1. The van der Waals surface area contributed by atoms with Crippen LogP contribution in [0.25, 0.3) is 0 Å². The number of carbonyl (C=O) groups excluding carboxylic acids is 1. The molecule has 0 N–H and O–H groups in total. The van der Waals surface area contributed by atoms with Crippen molar-refractivity contribution >= 4 is 40.7 Å². The van der Waals surface area contributed by atoms with E-state index in [4.69, 9.17) is 34.8 Å². The van der Waals surface area contributed by atoms with Crippen LogP contribution < -0.4 is 0 Å². The Morgan fingerprint density at radius 1 is 1.26 bits per heavy atom. The number of carbonyl (C=O) groups is 1. The Morgan fingerprint density at radius 3 is 2.47 bits per heavy atom. The molecule has 0 aliphatic rings. The maximum absolute atomic E-state index is 12.1. The van der Waals surface area contributed by atoms with Gasteiger partial charge in [-0.25, -0.2) is 0 Å². The molecule has 0 radical (unpaired) electrons. The van der Waals surface area contributed by atoms with Gasteiger partial charge in [0.2, 0.25) is 5.91 Å². The van der Waals surface area contributed by atoms with E-state index in [1.54, 1.807) is 12.1 Å². The number of nitrogens with zero attached hydrogens (tertiary/aromatic N) is 1. The molecule has 1 aromatic carbocycles. The van der Waals surface area contributed by atoms with Gasteiger partial charge in [0.1, 0.15) is 0 Å². The van der Waals surface area contributed by atoms with Crippen molar-refractivity contribution in [3.63, 3.8) is 0 Å². The van der Waals surface area contributed by atoms with Crippen molar-refractivity contribution in [2.75, 3.05) is 5.88 Å². The molecule has 0 spiro atoms. The van der Waals surface area contributed by atoms with Crippen molar-refractivity contribution in [3.8, 4) is 0 Å². The van der Waals surface area contributed by atoms with Crippen molar-refractivity contribution in [3.05, 3.63) is 33.8 Å². The van der Waals surface area contributed by atoms with Crippen LogP contribution in [0.15, 0.2) is 18.2 Å². The molecule has 0 aliphatic heterocycles. The van der Waals surface area contributed by atoms with Gasteiger partial charge in [0.05, 0.1) is 10.0 Å². The fourth-order valence-electron chi connectivity index (χ4n) is 1.76. The van der Waals surface area contributed by atoms with Crippen LogP contribution in [-0.4, -0.2) is 22.7 Å². The Hall–Kier alpha value is -0.440. The van der Waals surface area contributed by atoms with Crippen molar-refractivity contribution in [1.29, 1.82) is 0 Å². The lowest BCUT2D eigenvalue weighted by atomic mass is 10.1. The van der Waals surface area contributed by atoms with Gasteiger partial charge in [-0.3, -0.25) is 4.79 Å². The summed E-state index contributed by atoms with van der Waals surface area (Å²) in [5.74, 6) is 0.617. The second kappa shape index (κ2) is 7.98. The van der Waals surface area contributed by atoms with Crippen LogP contribution in [0, 0.1) is 0 Å². The highest BCUT2D eigenvalue weighted by atomic mass is 35.5. The van der Waals surface area contributed by atoms with E-state index >= 15 is 0 Å². The Morgan fingerprint density at radius 2 is 1.95 bits per heavy atom. The Bertz CT molecular complexity index is 435. The summed E-state index contributed by atoms with van der Waals surface area (Å²) in [4.78, 5) is 13.9. The molecule has 0 aromatic heterocycles. The molecule has 0 unspecified atom stereocenters. The minimum absolute atomic E-state index is 0.113. The van der Waals surface area contributed by atoms with Crippen LogP contribution in [0.3, 0.4) is 0 Å². The topological polar surface area (TPSA) is 20.3 Å². The highest BCUT2D eigenvalue weighted by Gasteiger charge is 2.17. The summed E-state index contributed by atoms with van der Waals surface area (Å²) in [6.07, 6.45) is 1.17. The van der Waals surface area contributed by atoms with E-state index in [1.807, 2.05) is 24.8 Å². The van der Waals surface area contributed by atoms with E-state index in [9.17, 15) is 4.79 Å². The number of benzene rings is 1. The molecule has 106 valence electrons. The number of hydrogen-bond acceptors (Lipinski definition) is 1. The van der Waals surface area contributed by atoms with Gasteiger partial charge in [-0.2, -0.15) is 0 Å². The van der Waals surface area contributed by atoms with Crippen molar-refractivity contribution < 1.29 is 4.79 Å². The molecule has 19 heavy (non-hydrogen) atoms. The van der Waals surface area contributed by atoms with Crippen LogP contribution >= 0.6 is 34.8 Å². The Kier molecular flexibility index (Phi) is 6.98. The first-order chi connectivity index (χ1) is 8.95. The fourth-order valence-corrected chi connectivity index (χ4v) is 2.21. The molecule has 5 heteroatoms. The highest BCUT2D eigenvalue weighted by molar-refractivity contribution is 6.42. The third-order valence-corrected chi connectivity index (χ3v) is 3.81. The molecule has 1 amide bonds. The van der Waals surface area contributed by atoms with Gasteiger partial charge in [-0.05, 0) is 38.0 Å². The smallest absolute Gasteiger partial charge is 0.223 e. The van der Waals surface area contributed by atoms with E-state index in [1.165, 1.54) is 0 Å². The average Bonchev–Trinajstić information content (AvgIpc) is 2.36. The molecule has 0 saturated heterocycles. The normalized spacial score (nSPS) is 10.8. The predicted octanol–water partition coefficient (Wildman–Crippen LogP) is 4.75. The zero-order valence-electron chi connectivity index (χ0n) is 11.1. The summed E-state index contributed by atoms with van der Waals surface area (Å²) < 4.78 is 0. The van der Waals surface area contributed by atoms with E-state index in [0.717, 1.165) is 5.56 Å². The molecular weight excluding hydrogens is 305 g/mol. The van der Waals surface area contributed by atoms with Crippen molar-refractivity contribution in [2.45, 2.75) is 39.3 Å². The summed E-state index contributed by atoms with van der Waals surface area (Å²) in [6, 6.07) is 5.57. The van der Waals surface area contributed by atoms with Gasteiger partial charge in [-0.1, -0.05) is 29.3 Å². The molecule has 0 saturated carbocycles. The van der Waals surface area contributed by atoms with Crippen molar-refractivity contribution in [2.24, 2.45) is 0 Å². The third-order valence-electron chi connectivity index (χ3n) is 2.80. The van der Waals surface area contributed by atoms with Gasteiger partial charge in [-0.15, -0.1) is 11.6 Å². The first-order valence-electron chi connectivity index (χ1n) is 6.25. The van der Waals surface area contributed by atoms with E-state index in [2.05, 4.69) is 0 Å². The minimum Gasteiger partial charge on any atom is -0.336 e. The fraction of sp³-hybridized carbons (Fsp3) is 0.500. The molecule has 1 rings (SSSR count). The van der Waals surface area contributed by atoms with Gasteiger partial charge in [0, 0.05) is 24.9 Å². The number of halogens is 3. The molecule has 0 heterocycles. The molecular formula is C14H18Cl3NO. The van der Waals surface area contributed by atoms with E-state index < -0.39 is 0 Å². The van der Waals surface area contributed by atoms with Crippen LogP contribution in [0.2, 0.25) is 10.0 Å². The van der Waals surface area contributed by atoms with Gasteiger partial charge >= 0.3 is 0 Å². The standard InChI is InChI=1S/C14H18Cl3NO/c1-10(2)18(14(19)4-3-7-15)9-11-5-6-12(16)13(17)8-11/h5-6,8,10H,3-4,7,9H2,1-2H3. The van der Waals surface area contributed by atoms with Crippen LogP contribution in [0.1, 0.15) is 32.3 Å². The third kappa shape index (κ3) is 5.21. The molecule has 0 atom stereocenters. The SMILES string of the molecule is CC(C)N(Cc1ccc(Cl)c(Cl)c1)C(=O)CCCCl. The lowest BCUT2D eigenvalue weighted by molar-refractivity contribution is -0.133. The summed E-state index contributed by atoms with van der Waals surface area (Å²) in [7, 11) is 0. The second-order valence-corrected chi connectivity index (χ2v) is 5.85. The zero-order chi connectivity index (χ0) is 14.4. The second-order valence-electron chi connectivity index (χ2n) is 4.66. The molecule has 2 nitrogen and oxygen atoms in total. The molecule has 0 fully saturated rings. The van der Waals surface area contributed by atoms with E-state index in [0.29, 0.717) is 35.3 Å². The van der Waals surface area contributed by atoms with Gasteiger partial charge in [0.15, 0.2) is 0 Å². The summed E-state index contributed by atoms with van der Waals surface area (Å²) in [5.41, 5.74) is 0.974. The van der Waals surface area contributed by atoms with Gasteiger partial charge < -0.3 is 4.90 Å². The Labute approximate surface area is 129 Å². The summed E-state index contributed by atoms with van der Waals surface area (Å²) in [6.45, 7) is 4.53. The number of hydrogen-bond donors (Lipinski definition) is 0. The summed E-state index contributed by atoms with van der Waals surface area (Å²) in [5, 5.41) is 1.03. The maximum Gasteiger partial charge on any atom is 0.223 e. The van der Waals surface area contributed by atoms with Crippen molar-refractivity contribution in [1.82, 2.24) is 4.90 Å². The van der Waals surface area contributed by atoms with E-state index in [-0.39, 0.29) is 11.9 Å². The Balaban J connectivity index is 2.77. The van der Waals surface area contributed by atoms with Crippen LogP contribution in [0.5, 0.6) is 0 Å².